The molecule has 5 nitrogen and oxygen atoms in total. The molecule has 1 aromatic carbocycles. The van der Waals surface area contributed by atoms with Crippen LogP contribution in [0.3, 0.4) is 0 Å². The molecule has 0 aliphatic carbocycles. The molecule has 1 aliphatic rings. The minimum absolute atomic E-state index is 0.0929. The van der Waals surface area contributed by atoms with Crippen molar-refractivity contribution in [1.82, 2.24) is 10.2 Å². The van der Waals surface area contributed by atoms with Crippen LogP contribution in [0.15, 0.2) is 18.2 Å². The summed E-state index contributed by atoms with van der Waals surface area (Å²) in [6.45, 7) is 2.76. The lowest BCUT2D eigenvalue weighted by molar-refractivity contribution is -0.129. The molecule has 2 unspecified atom stereocenters. The summed E-state index contributed by atoms with van der Waals surface area (Å²) in [5.74, 6) is -0.478. The van der Waals surface area contributed by atoms with Crippen LogP contribution in [0.4, 0.5) is 0 Å². The summed E-state index contributed by atoms with van der Waals surface area (Å²) in [5.41, 5.74) is 0.280. The van der Waals surface area contributed by atoms with Crippen molar-refractivity contribution in [1.29, 1.82) is 0 Å². The molecule has 2 rings (SSSR count). The number of nitrogens with one attached hydrogen (secondary N) is 1. The van der Waals surface area contributed by atoms with E-state index in [1.165, 1.54) is 12.1 Å². The standard InChI is InChI=1S/C15H18Cl2N2O3/c1-9(20)10-4-5-19(8-10)14(21)7-18-15(22)12-3-2-11(16)6-13(12)17/h2-3,6,9-10,20H,4-5,7-8H2,1H3,(H,18,22). The second-order valence-corrected chi connectivity index (χ2v) is 6.28. The Morgan fingerprint density at radius 1 is 1.45 bits per heavy atom. The average molecular weight is 345 g/mol. The summed E-state index contributed by atoms with van der Waals surface area (Å²) < 4.78 is 0. The first kappa shape index (κ1) is 17.1. The molecule has 0 aromatic heterocycles. The molecule has 0 saturated carbocycles. The first-order valence-electron chi connectivity index (χ1n) is 7.07. The molecule has 7 heteroatoms. The molecule has 120 valence electrons. The molecule has 22 heavy (non-hydrogen) atoms. The largest absolute Gasteiger partial charge is 0.393 e. The van der Waals surface area contributed by atoms with Crippen molar-refractivity contribution in [2.24, 2.45) is 5.92 Å². The molecule has 0 radical (unpaired) electrons. The van der Waals surface area contributed by atoms with Crippen LogP contribution in [0, 0.1) is 5.92 Å². The van der Waals surface area contributed by atoms with Crippen molar-refractivity contribution in [3.05, 3.63) is 33.8 Å². The fourth-order valence-electron chi connectivity index (χ4n) is 2.44. The first-order chi connectivity index (χ1) is 10.4. The maximum Gasteiger partial charge on any atom is 0.253 e. The van der Waals surface area contributed by atoms with Gasteiger partial charge in [0.05, 0.1) is 23.2 Å². The van der Waals surface area contributed by atoms with E-state index in [0.717, 1.165) is 6.42 Å². The van der Waals surface area contributed by atoms with Crippen LogP contribution in [0.2, 0.25) is 10.0 Å². The van der Waals surface area contributed by atoms with Crippen LogP contribution in [0.25, 0.3) is 0 Å². The summed E-state index contributed by atoms with van der Waals surface area (Å²) in [5, 5.41) is 12.8. The van der Waals surface area contributed by atoms with E-state index >= 15 is 0 Å². The summed E-state index contributed by atoms with van der Waals surface area (Å²) in [6.07, 6.45) is 0.348. The highest BCUT2D eigenvalue weighted by Gasteiger charge is 2.29. The first-order valence-corrected chi connectivity index (χ1v) is 7.83. The van der Waals surface area contributed by atoms with E-state index in [2.05, 4.69) is 5.32 Å². The fraction of sp³-hybridized carbons (Fsp3) is 0.467. The topological polar surface area (TPSA) is 69.6 Å². The molecule has 2 amide bonds. The molecule has 0 bridgehead atoms. The van der Waals surface area contributed by atoms with Gasteiger partial charge in [0.2, 0.25) is 5.91 Å². The van der Waals surface area contributed by atoms with Crippen LogP contribution in [0.5, 0.6) is 0 Å². The van der Waals surface area contributed by atoms with Crippen molar-refractivity contribution in [2.75, 3.05) is 19.6 Å². The highest BCUT2D eigenvalue weighted by molar-refractivity contribution is 6.36. The molecular weight excluding hydrogens is 327 g/mol. The van der Waals surface area contributed by atoms with Gasteiger partial charge in [-0.05, 0) is 31.5 Å². The highest BCUT2D eigenvalue weighted by atomic mass is 35.5. The van der Waals surface area contributed by atoms with Crippen molar-refractivity contribution in [3.8, 4) is 0 Å². The molecule has 1 aromatic rings. The Labute approximate surface area is 139 Å². The Bertz CT molecular complexity index is 578. The number of benzene rings is 1. The van der Waals surface area contributed by atoms with Gasteiger partial charge < -0.3 is 15.3 Å². The van der Waals surface area contributed by atoms with Crippen LogP contribution in [-0.4, -0.2) is 47.6 Å². The van der Waals surface area contributed by atoms with E-state index < -0.39 is 12.0 Å². The Morgan fingerprint density at radius 2 is 2.18 bits per heavy atom. The maximum atomic E-state index is 12.1. The second kappa shape index (κ2) is 7.31. The lowest BCUT2D eigenvalue weighted by Gasteiger charge is -2.18. The third kappa shape index (κ3) is 4.12. The van der Waals surface area contributed by atoms with Gasteiger partial charge in [-0.1, -0.05) is 23.2 Å². The van der Waals surface area contributed by atoms with E-state index in [1.807, 2.05) is 0 Å². The number of carbonyl (C=O) groups is 2. The molecule has 0 spiro atoms. The predicted molar refractivity (Wildman–Crippen MR) is 85.2 cm³/mol. The average Bonchev–Trinajstić information content (AvgIpc) is 2.94. The lowest BCUT2D eigenvalue weighted by Crippen LogP contribution is -2.39. The molecule has 2 N–H and O–H groups in total. The van der Waals surface area contributed by atoms with Crippen LogP contribution >= 0.6 is 23.2 Å². The SMILES string of the molecule is CC(O)C1CCN(C(=O)CNC(=O)c2ccc(Cl)cc2Cl)C1. The van der Waals surface area contributed by atoms with Gasteiger partial charge >= 0.3 is 0 Å². The number of hydrogen-bond acceptors (Lipinski definition) is 3. The van der Waals surface area contributed by atoms with Crippen molar-refractivity contribution >= 4 is 35.0 Å². The van der Waals surface area contributed by atoms with Crippen molar-refractivity contribution in [2.45, 2.75) is 19.4 Å². The zero-order valence-electron chi connectivity index (χ0n) is 12.2. The van der Waals surface area contributed by atoms with Gasteiger partial charge in [0.1, 0.15) is 0 Å². The van der Waals surface area contributed by atoms with Crippen LogP contribution < -0.4 is 5.32 Å². The predicted octanol–water partition coefficient (Wildman–Crippen LogP) is 1.95. The monoisotopic (exact) mass is 344 g/mol. The summed E-state index contributed by atoms with van der Waals surface area (Å²) in [6, 6.07) is 4.56. The van der Waals surface area contributed by atoms with Gasteiger partial charge in [-0.2, -0.15) is 0 Å². The third-order valence-corrected chi connectivity index (χ3v) is 4.38. The zero-order valence-corrected chi connectivity index (χ0v) is 13.7. The molecule has 1 aliphatic heterocycles. The smallest absolute Gasteiger partial charge is 0.253 e. The maximum absolute atomic E-state index is 12.1. The van der Waals surface area contributed by atoms with Crippen LogP contribution in [-0.2, 0) is 4.79 Å². The molecular formula is C15H18Cl2N2O3. The Morgan fingerprint density at radius 3 is 2.77 bits per heavy atom. The van der Waals surface area contributed by atoms with Gasteiger partial charge in [0.25, 0.3) is 5.91 Å². The Balaban J connectivity index is 1.87. The van der Waals surface area contributed by atoms with Gasteiger partial charge in [0, 0.05) is 24.0 Å². The van der Waals surface area contributed by atoms with Gasteiger partial charge in [-0.3, -0.25) is 9.59 Å². The number of amides is 2. The fourth-order valence-corrected chi connectivity index (χ4v) is 2.94. The van der Waals surface area contributed by atoms with E-state index in [9.17, 15) is 14.7 Å². The number of carbonyl (C=O) groups excluding carboxylic acids is 2. The summed E-state index contributed by atoms with van der Waals surface area (Å²) in [7, 11) is 0. The minimum Gasteiger partial charge on any atom is -0.393 e. The number of halogens is 2. The lowest BCUT2D eigenvalue weighted by atomic mass is 10.0. The van der Waals surface area contributed by atoms with E-state index in [-0.39, 0.29) is 29.0 Å². The second-order valence-electron chi connectivity index (χ2n) is 5.44. The summed E-state index contributed by atoms with van der Waals surface area (Å²) >= 11 is 11.7. The number of aliphatic hydroxyl groups excluding tert-OH is 1. The van der Waals surface area contributed by atoms with Crippen molar-refractivity contribution < 1.29 is 14.7 Å². The normalized spacial score (nSPS) is 19.1. The highest BCUT2D eigenvalue weighted by Crippen LogP contribution is 2.21. The number of likely N-dealkylation sites (tertiary alicyclic amines) is 1. The Hall–Kier alpha value is -1.30. The van der Waals surface area contributed by atoms with E-state index in [0.29, 0.717) is 18.1 Å². The van der Waals surface area contributed by atoms with Crippen molar-refractivity contribution in [3.63, 3.8) is 0 Å². The number of rotatable bonds is 4. The van der Waals surface area contributed by atoms with Gasteiger partial charge in [-0.25, -0.2) is 0 Å². The van der Waals surface area contributed by atoms with Gasteiger partial charge in [-0.15, -0.1) is 0 Å². The zero-order chi connectivity index (χ0) is 16.3. The molecule has 1 saturated heterocycles. The van der Waals surface area contributed by atoms with Crippen LogP contribution in [0.1, 0.15) is 23.7 Å². The minimum atomic E-state index is -0.430. The molecule has 1 fully saturated rings. The number of nitrogens with zero attached hydrogens (tertiary/aromatic N) is 1. The molecule has 1 heterocycles. The van der Waals surface area contributed by atoms with E-state index in [1.54, 1.807) is 17.9 Å². The quantitative estimate of drug-likeness (QED) is 0.876. The number of hydrogen-bond donors (Lipinski definition) is 2. The Kier molecular flexibility index (Phi) is 5.67. The summed E-state index contributed by atoms with van der Waals surface area (Å²) in [4.78, 5) is 25.7. The third-order valence-electron chi connectivity index (χ3n) is 3.84. The van der Waals surface area contributed by atoms with E-state index in [4.69, 9.17) is 23.2 Å². The van der Waals surface area contributed by atoms with Gasteiger partial charge in [0.15, 0.2) is 0 Å². The molecule has 2 atom stereocenters. The number of aliphatic hydroxyl groups is 1.